The van der Waals surface area contributed by atoms with Gasteiger partial charge in [-0.3, -0.25) is 0 Å². The third kappa shape index (κ3) is 3.67. The maximum atomic E-state index is 12.9. The molecule has 0 atom stereocenters. The lowest BCUT2D eigenvalue weighted by molar-refractivity contribution is 0.147. The van der Waals surface area contributed by atoms with Gasteiger partial charge in [0.2, 0.25) is 0 Å². The standard InChI is InChI=1S/C14H21F2NO/c1-9(2)11-7-10(5-3-4-6-17)13(18)12(8-11)14(15)16/h7-9,14,18H,3-6,17H2,1-2H3. The van der Waals surface area contributed by atoms with Crippen molar-refractivity contribution in [2.45, 2.75) is 45.5 Å². The molecule has 0 amide bonds. The lowest BCUT2D eigenvalue weighted by Gasteiger charge is -2.14. The number of phenolic OH excluding ortho intramolecular Hbond substituents is 1. The van der Waals surface area contributed by atoms with Crippen molar-refractivity contribution < 1.29 is 13.9 Å². The summed E-state index contributed by atoms with van der Waals surface area (Å²) in [6.07, 6.45) is -0.426. The van der Waals surface area contributed by atoms with Crippen LogP contribution in [0, 0.1) is 0 Å². The largest absolute Gasteiger partial charge is 0.507 e. The molecular weight excluding hydrogens is 236 g/mol. The van der Waals surface area contributed by atoms with E-state index in [1.807, 2.05) is 19.9 Å². The Morgan fingerprint density at radius 3 is 2.39 bits per heavy atom. The van der Waals surface area contributed by atoms with Crippen LogP contribution in [0.25, 0.3) is 0 Å². The molecule has 0 aliphatic rings. The van der Waals surface area contributed by atoms with Crippen molar-refractivity contribution in [1.82, 2.24) is 0 Å². The normalized spacial score (nSPS) is 11.5. The van der Waals surface area contributed by atoms with Crippen molar-refractivity contribution in [3.63, 3.8) is 0 Å². The van der Waals surface area contributed by atoms with Crippen molar-refractivity contribution in [2.75, 3.05) is 6.54 Å². The molecular formula is C14H21F2NO. The Morgan fingerprint density at radius 2 is 1.89 bits per heavy atom. The molecule has 0 saturated heterocycles. The number of aryl methyl sites for hydroxylation is 1. The van der Waals surface area contributed by atoms with Gasteiger partial charge in [-0.15, -0.1) is 0 Å². The number of rotatable bonds is 6. The fourth-order valence-corrected chi connectivity index (χ4v) is 1.89. The lowest BCUT2D eigenvalue weighted by Crippen LogP contribution is -2.01. The van der Waals surface area contributed by atoms with Crippen molar-refractivity contribution in [3.8, 4) is 5.75 Å². The SMILES string of the molecule is CC(C)c1cc(CCCCN)c(O)c(C(F)F)c1. The minimum Gasteiger partial charge on any atom is -0.507 e. The molecule has 3 N–H and O–H groups in total. The van der Waals surface area contributed by atoms with Gasteiger partial charge in [-0.1, -0.05) is 19.9 Å². The Bertz CT molecular complexity index is 392. The zero-order chi connectivity index (χ0) is 13.7. The Balaban J connectivity index is 3.06. The van der Waals surface area contributed by atoms with Crippen LogP contribution in [0.4, 0.5) is 8.78 Å². The minimum absolute atomic E-state index is 0.163. The smallest absolute Gasteiger partial charge is 0.267 e. The van der Waals surface area contributed by atoms with Gasteiger partial charge in [0, 0.05) is 0 Å². The predicted molar refractivity (Wildman–Crippen MR) is 69.1 cm³/mol. The van der Waals surface area contributed by atoms with E-state index < -0.39 is 6.43 Å². The molecule has 0 radical (unpaired) electrons. The molecule has 0 spiro atoms. The van der Waals surface area contributed by atoms with E-state index in [0.717, 1.165) is 18.4 Å². The van der Waals surface area contributed by atoms with E-state index in [2.05, 4.69) is 0 Å². The van der Waals surface area contributed by atoms with Crippen LogP contribution < -0.4 is 5.73 Å². The van der Waals surface area contributed by atoms with Crippen LogP contribution in [0.15, 0.2) is 12.1 Å². The van der Waals surface area contributed by atoms with Gasteiger partial charge in [0.1, 0.15) is 5.75 Å². The highest BCUT2D eigenvalue weighted by molar-refractivity contribution is 5.45. The van der Waals surface area contributed by atoms with Crippen LogP contribution in [-0.4, -0.2) is 11.7 Å². The number of hydrogen-bond donors (Lipinski definition) is 2. The quantitative estimate of drug-likeness (QED) is 0.763. The number of unbranched alkanes of at least 4 members (excludes halogenated alkanes) is 1. The van der Waals surface area contributed by atoms with Crippen LogP contribution in [-0.2, 0) is 6.42 Å². The van der Waals surface area contributed by atoms with E-state index in [1.54, 1.807) is 0 Å². The number of aromatic hydroxyl groups is 1. The zero-order valence-electron chi connectivity index (χ0n) is 10.9. The molecule has 2 nitrogen and oxygen atoms in total. The van der Waals surface area contributed by atoms with Crippen molar-refractivity contribution in [2.24, 2.45) is 5.73 Å². The second kappa shape index (κ2) is 6.69. The number of alkyl halides is 2. The zero-order valence-corrected chi connectivity index (χ0v) is 10.9. The van der Waals surface area contributed by atoms with Gasteiger partial charge in [-0.25, -0.2) is 8.78 Å². The van der Waals surface area contributed by atoms with Crippen molar-refractivity contribution >= 4 is 0 Å². The highest BCUT2D eigenvalue weighted by Gasteiger charge is 2.18. The predicted octanol–water partition coefficient (Wildman–Crippen LogP) is 3.73. The molecule has 0 aliphatic carbocycles. The van der Waals surface area contributed by atoms with E-state index in [-0.39, 0.29) is 17.2 Å². The number of hydrogen-bond acceptors (Lipinski definition) is 2. The van der Waals surface area contributed by atoms with Crippen LogP contribution in [0.5, 0.6) is 5.75 Å². The van der Waals surface area contributed by atoms with Gasteiger partial charge >= 0.3 is 0 Å². The molecule has 0 saturated carbocycles. The van der Waals surface area contributed by atoms with Crippen molar-refractivity contribution in [3.05, 3.63) is 28.8 Å². The summed E-state index contributed by atoms with van der Waals surface area (Å²) in [7, 11) is 0. The fourth-order valence-electron chi connectivity index (χ4n) is 1.89. The van der Waals surface area contributed by atoms with Crippen molar-refractivity contribution in [1.29, 1.82) is 0 Å². The van der Waals surface area contributed by atoms with E-state index in [9.17, 15) is 13.9 Å². The lowest BCUT2D eigenvalue weighted by atomic mass is 9.94. The molecule has 1 aromatic rings. The average Bonchev–Trinajstić information content (AvgIpc) is 2.30. The monoisotopic (exact) mass is 257 g/mol. The van der Waals surface area contributed by atoms with Gasteiger partial charge < -0.3 is 10.8 Å². The van der Waals surface area contributed by atoms with Gasteiger partial charge in [0.25, 0.3) is 6.43 Å². The van der Waals surface area contributed by atoms with E-state index in [1.165, 1.54) is 6.07 Å². The van der Waals surface area contributed by atoms with Gasteiger partial charge in [0.15, 0.2) is 0 Å². The molecule has 0 aliphatic heterocycles. The Kier molecular flexibility index (Phi) is 5.54. The third-order valence-corrected chi connectivity index (χ3v) is 3.04. The summed E-state index contributed by atoms with van der Waals surface area (Å²) in [5.41, 5.74) is 6.58. The summed E-state index contributed by atoms with van der Waals surface area (Å²) < 4.78 is 25.7. The first-order chi connectivity index (χ1) is 8.47. The fraction of sp³-hybridized carbons (Fsp3) is 0.571. The first kappa shape index (κ1) is 14.9. The summed E-state index contributed by atoms with van der Waals surface area (Å²) >= 11 is 0. The number of benzene rings is 1. The van der Waals surface area contributed by atoms with E-state index >= 15 is 0 Å². The summed E-state index contributed by atoms with van der Waals surface area (Å²) in [6.45, 7) is 4.48. The molecule has 0 fully saturated rings. The molecule has 0 heterocycles. The maximum Gasteiger partial charge on any atom is 0.267 e. The molecule has 18 heavy (non-hydrogen) atoms. The number of nitrogens with two attached hydrogens (primary N) is 1. The molecule has 0 unspecified atom stereocenters. The van der Waals surface area contributed by atoms with E-state index in [4.69, 9.17) is 5.73 Å². The summed E-state index contributed by atoms with van der Waals surface area (Å²) in [4.78, 5) is 0. The number of halogens is 2. The summed E-state index contributed by atoms with van der Waals surface area (Å²) in [5.74, 6) is -0.0946. The summed E-state index contributed by atoms with van der Waals surface area (Å²) in [5, 5.41) is 9.85. The molecule has 102 valence electrons. The molecule has 4 heteroatoms. The highest BCUT2D eigenvalue weighted by atomic mass is 19.3. The minimum atomic E-state index is -2.64. The van der Waals surface area contributed by atoms with Gasteiger partial charge in [-0.2, -0.15) is 0 Å². The van der Waals surface area contributed by atoms with Crippen LogP contribution in [0.2, 0.25) is 0 Å². The van der Waals surface area contributed by atoms with E-state index in [0.29, 0.717) is 18.5 Å². The number of phenols is 1. The maximum absolute atomic E-state index is 12.9. The topological polar surface area (TPSA) is 46.2 Å². The van der Waals surface area contributed by atoms with Crippen LogP contribution in [0.3, 0.4) is 0 Å². The first-order valence-corrected chi connectivity index (χ1v) is 6.31. The van der Waals surface area contributed by atoms with Gasteiger partial charge in [0.05, 0.1) is 5.56 Å². The highest BCUT2D eigenvalue weighted by Crippen LogP contribution is 2.35. The Morgan fingerprint density at radius 1 is 1.22 bits per heavy atom. The van der Waals surface area contributed by atoms with Crippen LogP contribution in [0.1, 0.15) is 55.7 Å². The second-order valence-corrected chi connectivity index (χ2v) is 4.82. The molecule has 1 rings (SSSR count). The third-order valence-electron chi connectivity index (χ3n) is 3.04. The molecule has 0 aromatic heterocycles. The van der Waals surface area contributed by atoms with Gasteiger partial charge in [-0.05, 0) is 48.9 Å². The second-order valence-electron chi connectivity index (χ2n) is 4.82. The average molecular weight is 257 g/mol. The Hall–Kier alpha value is -1.16. The molecule has 0 bridgehead atoms. The molecule has 1 aromatic carbocycles. The first-order valence-electron chi connectivity index (χ1n) is 6.31. The Labute approximate surface area is 107 Å². The van der Waals surface area contributed by atoms with Crippen LogP contribution >= 0.6 is 0 Å². The summed E-state index contributed by atoms with van der Waals surface area (Å²) in [6, 6.07) is 3.22.